The molecule has 6 nitrogen and oxygen atoms in total. The van der Waals surface area contributed by atoms with Gasteiger partial charge in [0.05, 0.1) is 22.7 Å². The predicted molar refractivity (Wildman–Crippen MR) is 130 cm³/mol. The van der Waals surface area contributed by atoms with E-state index in [4.69, 9.17) is 21.1 Å². The van der Waals surface area contributed by atoms with Crippen LogP contribution in [0.15, 0.2) is 71.6 Å². The number of sulfonamides is 1. The van der Waals surface area contributed by atoms with E-state index >= 15 is 0 Å². The van der Waals surface area contributed by atoms with Gasteiger partial charge in [-0.3, -0.25) is 4.79 Å². The maximum absolute atomic E-state index is 13.5. The predicted octanol–water partition coefficient (Wildman–Crippen LogP) is 5.41. The number of carbonyl (C=O) groups is 1. The Kier molecular flexibility index (Phi) is 8.00. The van der Waals surface area contributed by atoms with Crippen molar-refractivity contribution in [3.63, 3.8) is 0 Å². The summed E-state index contributed by atoms with van der Waals surface area (Å²) in [5.41, 5.74) is 2.15. The largest absolute Gasteiger partial charge is 0.495 e. The molecule has 3 rings (SSSR count). The van der Waals surface area contributed by atoms with Crippen LogP contribution in [0.25, 0.3) is 0 Å². The zero-order chi connectivity index (χ0) is 24.0. The number of nitrogens with zero attached hydrogens (tertiary/aromatic N) is 1. The lowest BCUT2D eigenvalue weighted by atomic mass is 10.1. The number of hydrogen-bond acceptors (Lipinski definition) is 5. The van der Waals surface area contributed by atoms with Gasteiger partial charge in [-0.05, 0) is 61.4 Å². The van der Waals surface area contributed by atoms with E-state index in [1.807, 2.05) is 19.1 Å². The Morgan fingerprint density at radius 1 is 1.00 bits per heavy atom. The maximum atomic E-state index is 13.5. The average molecular weight is 488 g/mol. The van der Waals surface area contributed by atoms with Crippen LogP contribution in [0, 0.1) is 6.92 Å². The molecule has 0 unspecified atom stereocenters. The summed E-state index contributed by atoms with van der Waals surface area (Å²) in [5, 5.41) is 0.180. The molecule has 0 aliphatic rings. The third kappa shape index (κ3) is 5.86. The lowest BCUT2D eigenvalue weighted by Crippen LogP contribution is -2.40. The van der Waals surface area contributed by atoms with Crippen LogP contribution in [0.4, 0.5) is 5.69 Å². The van der Waals surface area contributed by atoms with E-state index in [1.165, 1.54) is 37.4 Å². The lowest BCUT2D eigenvalue weighted by Gasteiger charge is -2.23. The second-order valence-corrected chi connectivity index (χ2v) is 9.67. The van der Waals surface area contributed by atoms with Gasteiger partial charge >= 0.3 is 0 Å². The van der Waals surface area contributed by atoms with Crippen molar-refractivity contribution in [1.29, 1.82) is 0 Å². The fourth-order valence-corrected chi connectivity index (χ4v) is 4.91. The number of benzene rings is 3. The van der Waals surface area contributed by atoms with Crippen LogP contribution in [-0.4, -0.2) is 28.0 Å². The molecule has 0 aromatic heterocycles. The normalized spacial score (nSPS) is 11.2. The molecule has 0 fully saturated rings. The highest BCUT2D eigenvalue weighted by atomic mass is 35.5. The van der Waals surface area contributed by atoms with Gasteiger partial charge < -0.3 is 9.47 Å². The van der Waals surface area contributed by atoms with E-state index < -0.39 is 22.5 Å². The molecule has 0 saturated heterocycles. The van der Waals surface area contributed by atoms with Crippen LogP contribution in [0.2, 0.25) is 5.02 Å². The number of hydrogen-bond donors (Lipinski definition) is 0. The Hall–Kier alpha value is -3.03. The van der Waals surface area contributed by atoms with Gasteiger partial charge in [-0.25, -0.2) is 8.42 Å². The summed E-state index contributed by atoms with van der Waals surface area (Å²) in [6, 6.07) is 18.0. The van der Waals surface area contributed by atoms with Gasteiger partial charge in [0.1, 0.15) is 11.5 Å². The molecule has 0 heterocycles. The molecule has 0 aliphatic heterocycles. The second kappa shape index (κ2) is 10.7. The summed E-state index contributed by atoms with van der Waals surface area (Å²) < 4.78 is 38.4. The van der Waals surface area contributed by atoms with Crippen LogP contribution >= 0.6 is 11.6 Å². The quantitative estimate of drug-likeness (QED) is 0.403. The zero-order valence-corrected chi connectivity index (χ0v) is 20.3. The topological polar surface area (TPSA) is 72.9 Å². The van der Waals surface area contributed by atoms with E-state index in [9.17, 15) is 13.2 Å². The van der Waals surface area contributed by atoms with Crippen LogP contribution in [0.3, 0.4) is 0 Å². The number of methoxy groups -OCH3 is 1. The SMILES string of the molecule is CCCc1ccc(OCC(=O)N(c2ccc(OC)c(Cl)c2)S(=O)(=O)c2ccc(C)cc2)cc1. The Morgan fingerprint density at radius 2 is 1.67 bits per heavy atom. The third-order valence-corrected chi connectivity index (χ3v) is 7.04. The van der Waals surface area contributed by atoms with E-state index in [-0.39, 0.29) is 15.6 Å². The standard InChI is InChI=1S/C25H26ClNO5S/c1-4-5-19-8-11-21(12-9-19)32-17-25(28)27(20-10-15-24(31-3)23(26)16-20)33(29,30)22-13-6-18(2)7-14-22/h6-16H,4-5,17H2,1-3H3. The number of aryl methyl sites for hydroxylation is 2. The van der Waals surface area contributed by atoms with Crippen molar-refractivity contribution in [2.24, 2.45) is 0 Å². The first-order valence-electron chi connectivity index (χ1n) is 10.5. The van der Waals surface area contributed by atoms with Gasteiger partial charge in [0.15, 0.2) is 6.61 Å². The van der Waals surface area contributed by atoms with Crippen LogP contribution in [0.5, 0.6) is 11.5 Å². The van der Waals surface area contributed by atoms with Crippen molar-refractivity contribution in [3.05, 3.63) is 82.9 Å². The van der Waals surface area contributed by atoms with Crippen molar-refractivity contribution in [2.75, 3.05) is 18.0 Å². The molecule has 0 saturated carbocycles. The molecule has 3 aromatic carbocycles. The zero-order valence-electron chi connectivity index (χ0n) is 18.7. The smallest absolute Gasteiger partial charge is 0.278 e. The summed E-state index contributed by atoms with van der Waals surface area (Å²) in [7, 11) is -2.77. The fraction of sp³-hybridized carbons (Fsp3) is 0.240. The number of halogens is 1. The Balaban J connectivity index is 1.93. The molecule has 8 heteroatoms. The summed E-state index contributed by atoms with van der Waals surface area (Å²) in [6.07, 6.45) is 1.97. The average Bonchev–Trinajstić information content (AvgIpc) is 2.79. The molecular weight excluding hydrogens is 462 g/mol. The highest BCUT2D eigenvalue weighted by molar-refractivity contribution is 7.93. The molecule has 1 amide bonds. The first kappa shape index (κ1) is 24.6. The second-order valence-electron chi connectivity index (χ2n) is 7.48. The Bertz CT molecular complexity index is 1210. The number of amides is 1. The van der Waals surface area contributed by atoms with E-state index in [2.05, 4.69) is 6.92 Å². The maximum Gasteiger partial charge on any atom is 0.278 e. The van der Waals surface area contributed by atoms with E-state index in [0.29, 0.717) is 15.8 Å². The van der Waals surface area contributed by atoms with Gasteiger partial charge in [0.2, 0.25) is 0 Å². The van der Waals surface area contributed by atoms with Crippen molar-refractivity contribution in [1.82, 2.24) is 0 Å². The lowest BCUT2D eigenvalue weighted by molar-refractivity contribution is -0.119. The number of ether oxygens (including phenoxy) is 2. The fourth-order valence-electron chi connectivity index (χ4n) is 3.26. The molecule has 0 radical (unpaired) electrons. The molecule has 0 spiro atoms. The van der Waals surface area contributed by atoms with Gasteiger partial charge in [-0.15, -0.1) is 0 Å². The highest BCUT2D eigenvalue weighted by Gasteiger charge is 2.32. The van der Waals surface area contributed by atoms with Crippen molar-refractivity contribution < 1.29 is 22.7 Å². The van der Waals surface area contributed by atoms with Gasteiger partial charge in [0, 0.05) is 0 Å². The molecule has 0 N–H and O–H groups in total. The minimum Gasteiger partial charge on any atom is -0.495 e. The van der Waals surface area contributed by atoms with Crippen LogP contribution in [0.1, 0.15) is 24.5 Å². The van der Waals surface area contributed by atoms with Crippen LogP contribution in [-0.2, 0) is 21.2 Å². The third-order valence-electron chi connectivity index (χ3n) is 4.98. The summed E-state index contributed by atoms with van der Waals surface area (Å²) in [5.74, 6) is 0.0852. The Labute approximate surface area is 199 Å². The van der Waals surface area contributed by atoms with Crippen LogP contribution < -0.4 is 13.8 Å². The molecule has 3 aromatic rings. The highest BCUT2D eigenvalue weighted by Crippen LogP contribution is 2.32. The van der Waals surface area contributed by atoms with E-state index in [1.54, 1.807) is 24.3 Å². The minimum absolute atomic E-state index is 0.0164. The van der Waals surface area contributed by atoms with Gasteiger partial charge in [-0.2, -0.15) is 4.31 Å². The van der Waals surface area contributed by atoms with Crippen molar-refractivity contribution in [3.8, 4) is 11.5 Å². The van der Waals surface area contributed by atoms with Gasteiger partial charge in [0.25, 0.3) is 15.9 Å². The first-order valence-corrected chi connectivity index (χ1v) is 12.3. The van der Waals surface area contributed by atoms with E-state index in [0.717, 1.165) is 24.0 Å². The summed E-state index contributed by atoms with van der Waals surface area (Å²) in [4.78, 5) is 13.2. The molecule has 0 atom stereocenters. The van der Waals surface area contributed by atoms with Crippen molar-refractivity contribution >= 4 is 33.2 Å². The van der Waals surface area contributed by atoms with Crippen molar-refractivity contribution in [2.45, 2.75) is 31.6 Å². The number of carbonyl (C=O) groups excluding carboxylic acids is 1. The molecular formula is C25H26ClNO5S. The molecule has 0 bridgehead atoms. The number of anilines is 1. The first-order chi connectivity index (χ1) is 15.8. The summed E-state index contributed by atoms with van der Waals surface area (Å²) >= 11 is 6.22. The van der Waals surface area contributed by atoms with Gasteiger partial charge in [-0.1, -0.05) is 54.8 Å². The molecule has 174 valence electrons. The monoisotopic (exact) mass is 487 g/mol. The molecule has 0 aliphatic carbocycles. The number of rotatable bonds is 9. The summed E-state index contributed by atoms with van der Waals surface area (Å²) in [6.45, 7) is 3.47. The molecule has 33 heavy (non-hydrogen) atoms. The Morgan fingerprint density at radius 3 is 2.24 bits per heavy atom. The minimum atomic E-state index is -4.22.